The first-order chi connectivity index (χ1) is 7.81. The van der Waals surface area contributed by atoms with Gasteiger partial charge >= 0.3 is 0 Å². The van der Waals surface area contributed by atoms with Gasteiger partial charge in [0.25, 0.3) is 0 Å². The number of imidazole rings is 1. The lowest BCUT2D eigenvalue weighted by Gasteiger charge is -2.04. The van der Waals surface area contributed by atoms with E-state index >= 15 is 0 Å². The fraction of sp³-hybridized carbons (Fsp3) is 0.615. The summed E-state index contributed by atoms with van der Waals surface area (Å²) in [5.74, 6) is 1.12. The average Bonchev–Trinajstić information content (AvgIpc) is 2.63. The molecule has 0 unspecified atom stereocenters. The van der Waals surface area contributed by atoms with Crippen molar-refractivity contribution in [2.45, 2.75) is 45.6 Å². The molecule has 0 atom stereocenters. The Balaban J connectivity index is 2.66. The molecule has 0 fully saturated rings. The van der Waals surface area contributed by atoms with Crippen molar-refractivity contribution < 1.29 is 0 Å². The first-order valence-electron chi connectivity index (χ1n) is 6.17. The van der Waals surface area contributed by atoms with Crippen LogP contribution in [0.5, 0.6) is 0 Å². The number of nitrogens with two attached hydrogens (primary N) is 1. The van der Waals surface area contributed by atoms with Crippen molar-refractivity contribution in [1.82, 2.24) is 9.55 Å². The molecule has 0 radical (unpaired) electrons. The van der Waals surface area contributed by atoms with Gasteiger partial charge in [0.15, 0.2) is 0 Å². The summed E-state index contributed by atoms with van der Waals surface area (Å²) in [4.78, 5) is 4.58. The monoisotopic (exact) mass is 221 g/mol. The highest BCUT2D eigenvalue weighted by Gasteiger charge is 2.05. The number of hydrogen-bond donors (Lipinski definition) is 1. The van der Waals surface area contributed by atoms with Crippen molar-refractivity contribution in [2.75, 3.05) is 6.54 Å². The highest BCUT2D eigenvalue weighted by Crippen LogP contribution is 2.08. The van der Waals surface area contributed by atoms with Crippen LogP contribution in [0.25, 0.3) is 0 Å². The van der Waals surface area contributed by atoms with Crippen LogP contribution in [0.1, 0.15) is 37.7 Å². The highest BCUT2D eigenvalue weighted by molar-refractivity contribution is 5.07. The topological polar surface area (TPSA) is 43.8 Å². The zero-order valence-corrected chi connectivity index (χ0v) is 10.3. The second-order valence-corrected chi connectivity index (χ2v) is 4.08. The molecule has 0 saturated heterocycles. The summed E-state index contributed by atoms with van der Waals surface area (Å²) in [5, 5.41) is 0. The van der Waals surface area contributed by atoms with E-state index in [4.69, 9.17) is 5.73 Å². The van der Waals surface area contributed by atoms with E-state index in [-0.39, 0.29) is 0 Å². The average molecular weight is 221 g/mol. The predicted molar refractivity (Wildman–Crippen MR) is 68.4 cm³/mol. The predicted octanol–water partition coefficient (Wildman–Crippen LogP) is 2.30. The standard InChI is InChI=1S/C13H23N3/c1-3-5-6-10-16-11-12(8-9-14)15-13(16)7-4-2/h4,11H,2-3,5-10,14H2,1H3. The largest absolute Gasteiger partial charge is 0.334 e. The van der Waals surface area contributed by atoms with Crippen molar-refractivity contribution in [3.8, 4) is 0 Å². The van der Waals surface area contributed by atoms with Gasteiger partial charge in [0, 0.05) is 25.6 Å². The summed E-state index contributed by atoms with van der Waals surface area (Å²) in [6, 6.07) is 0. The van der Waals surface area contributed by atoms with E-state index in [0.717, 1.165) is 30.9 Å². The highest BCUT2D eigenvalue weighted by atomic mass is 15.1. The Hall–Kier alpha value is -1.09. The van der Waals surface area contributed by atoms with Crippen LogP contribution in [-0.2, 0) is 19.4 Å². The van der Waals surface area contributed by atoms with Crippen LogP contribution in [0, 0.1) is 0 Å². The molecule has 0 bridgehead atoms. The van der Waals surface area contributed by atoms with Gasteiger partial charge < -0.3 is 10.3 Å². The Bertz CT molecular complexity index is 315. The van der Waals surface area contributed by atoms with Crippen LogP contribution in [0.4, 0.5) is 0 Å². The Kier molecular flexibility index (Phi) is 5.86. The molecular formula is C13H23N3. The maximum Gasteiger partial charge on any atom is 0.112 e. The molecule has 0 saturated carbocycles. The van der Waals surface area contributed by atoms with Crippen LogP contribution in [0.2, 0.25) is 0 Å². The summed E-state index contributed by atoms with van der Waals surface area (Å²) >= 11 is 0. The van der Waals surface area contributed by atoms with Gasteiger partial charge in [-0.3, -0.25) is 0 Å². The zero-order chi connectivity index (χ0) is 11.8. The van der Waals surface area contributed by atoms with E-state index in [1.54, 1.807) is 0 Å². The molecule has 1 aromatic heterocycles. The van der Waals surface area contributed by atoms with Gasteiger partial charge in [0.2, 0.25) is 0 Å². The second kappa shape index (κ2) is 7.23. The second-order valence-electron chi connectivity index (χ2n) is 4.08. The summed E-state index contributed by atoms with van der Waals surface area (Å²) in [7, 11) is 0. The van der Waals surface area contributed by atoms with Crippen LogP contribution in [-0.4, -0.2) is 16.1 Å². The smallest absolute Gasteiger partial charge is 0.112 e. The maximum absolute atomic E-state index is 5.55. The van der Waals surface area contributed by atoms with Crippen molar-refractivity contribution >= 4 is 0 Å². The van der Waals surface area contributed by atoms with Gasteiger partial charge in [0.05, 0.1) is 5.69 Å². The quantitative estimate of drug-likeness (QED) is 0.541. The molecule has 1 rings (SSSR count). The SMILES string of the molecule is C=CCc1nc(CCN)cn1CCCCC. The Morgan fingerprint density at radius 3 is 2.94 bits per heavy atom. The van der Waals surface area contributed by atoms with Crippen LogP contribution < -0.4 is 5.73 Å². The van der Waals surface area contributed by atoms with E-state index in [1.807, 2.05) is 6.08 Å². The number of allylic oxidation sites excluding steroid dienone is 1. The van der Waals surface area contributed by atoms with Gasteiger partial charge in [-0.25, -0.2) is 4.98 Å². The number of aromatic nitrogens is 2. The molecule has 0 aliphatic carbocycles. The molecule has 0 spiro atoms. The first-order valence-corrected chi connectivity index (χ1v) is 6.17. The van der Waals surface area contributed by atoms with Crippen molar-refractivity contribution in [1.29, 1.82) is 0 Å². The third kappa shape index (κ3) is 3.81. The zero-order valence-electron chi connectivity index (χ0n) is 10.3. The minimum atomic E-state index is 0.666. The molecule has 1 aromatic rings. The summed E-state index contributed by atoms with van der Waals surface area (Å²) in [5.41, 5.74) is 6.65. The number of aryl methyl sites for hydroxylation is 1. The lowest BCUT2D eigenvalue weighted by atomic mass is 10.2. The van der Waals surface area contributed by atoms with Crippen LogP contribution in [0.3, 0.4) is 0 Å². The summed E-state index contributed by atoms with van der Waals surface area (Å²) < 4.78 is 2.25. The lowest BCUT2D eigenvalue weighted by Crippen LogP contribution is -2.02. The van der Waals surface area contributed by atoms with Gasteiger partial charge in [-0.05, 0) is 13.0 Å². The summed E-state index contributed by atoms with van der Waals surface area (Å²) in [6.45, 7) is 7.72. The number of hydrogen-bond acceptors (Lipinski definition) is 2. The molecule has 90 valence electrons. The normalized spacial score (nSPS) is 10.6. The molecule has 3 heteroatoms. The van der Waals surface area contributed by atoms with E-state index in [0.29, 0.717) is 6.54 Å². The van der Waals surface area contributed by atoms with E-state index in [9.17, 15) is 0 Å². The fourth-order valence-corrected chi connectivity index (χ4v) is 1.80. The van der Waals surface area contributed by atoms with E-state index in [1.165, 1.54) is 19.3 Å². The van der Waals surface area contributed by atoms with E-state index < -0.39 is 0 Å². The van der Waals surface area contributed by atoms with Gasteiger partial charge in [-0.2, -0.15) is 0 Å². The number of nitrogens with zero attached hydrogens (tertiary/aromatic N) is 2. The Morgan fingerprint density at radius 1 is 1.50 bits per heavy atom. The van der Waals surface area contributed by atoms with Crippen LogP contribution in [0.15, 0.2) is 18.9 Å². The Morgan fingerprint density at radius 2 is 2.31 bits per heavy atom. The molecule has 0 aliphatic rings. The van der Waals surface area contributed by atoms with Crippen molar-refractivity contribution in [3.05, 3.63) is 30.4 Å². The minimum Gasteiger partial charge on any atom is -0.334 e. The first kappa shape index (κ1) is 13.0. The number of rotatable bonds is 8. The molecule has 2 N–H and O–H groups in total. The fourth-order valence-electron chi connectivity index (χ4n) is 1.80. The number of unbranched alkanes of at least 4 members (excludes halogenated alkanes) is 2. The third-order valence-corrected chi connectivity index (χ3v) is 2.64. The van der Waals surface area contributed by atoms with Gasteiger partial charge in [-0.15, -0.1) is 6.58 Å². The third-order valence-electron chi connectivity index (χ3n) is 2.64. The van der Waals surface area contributed by atoms with Crippen LogP contribution >= 0.6 is 0 Å². The van der Waals surface area contributed by atoms with Gasteiger partial charge in [-0.1, -0.05) is 25.8 Å². The van der Waals surface area contributed by atoms with Crippen molar-refractivity contribution in [2.24, 2.45) is 5.73 Å². The molecule has 0 amide bonds. The molecule has 16 heavy (non-hydrogen) atoms. The van der Waals surface area contributed by atoms with Crippen molar-refractivity contribution in [3.63, 3.8) is 0 Å². The molecular weight excluding hydrogens is 198 g/mol. The van der Waals surface area contributed by atoms with Gasteiger partial charge in [0.1, 0.15) is 5.82 Å². The molecule has 0 aliphatic heterocycles. The van der Waals surface area contributed by atoms with E-state index in [2.05, 4.69) is 29.3 Å². The molecule has 3 nitrogen and oxygen atoms in total. The molecule has 1 heterocycles. The summed E-state index contributed by atoms with van der Waals surface area (Å²) in [6.07, 6.45) is 9.51. The lowest BCUT2D eigenvalue weighted by molar-refractivity contribution is 0.585. The Labute approximate surface area is 98.4 Å². The maximum atomic E-state index is 5.55. The molecule has 0 aromatic carbocycles. The minimum absolute atomic E-state index is 0.666.